The van der Waals surface area contributed by atoms with Crippen molar-refractivity contribution in [2.24, 2.45) is 0 Å². The maximum absolute atomic E-state index is 12.7. The largest absolute Gasteiger partial charge is 0.454 e. The maximum atomic E-state index is 12.7. The number of carbonyl (C=O) groups excluding carboxylic acids is 3. The van der Waals surface area contributed by atoms with E-state index < -0.39 is 0 Å². The molecular formula is C18H19N5O5S. The molecular weight excluding hydrogens is 398 g/mol. The number of urea groups is 1. The Balaban J connectivity index is 1.33. The zero-order chi connectivity index (χ0) is 20.4. The molecule has 29 heavy (non-hydrogen) atoms. The topological polar surface area (TPSA) is 113 Å². The van der Waals surface area contributed by atoms with Crippen LogP contribution in [-0.4, -0.2) is 61.2 Å². The lowest BCUT2D eigenvalue weighted by Crippen LogP contribution is -2.37. The van der Waals surface area contributed by atoms with Crippen molar-refractivity contribution in [1.29, 1.82) is 0 Å². The van der Waals surface area contributed by atoms with Gasteiger partial charge >= 0.3 is 6.03 Å². The molecule has 2 aromatic rings. The van der Waals surface area contributed by atoms with Gasteiger partial charge in [-0.1, -0.05) is 0 Å². The smallest absolute Gasteiger partial charge is 0.325 e. The summed E-state index contributed by atoms with van der Waals surface area (Å²) in [5.41, 5.74) is 1.27. The molecule has 1 aromatic heterocycles. The Labute approximate surface area is 170 Å². The molecule has 2 aliphatic heterocycles. The van der Waals surface area contributed by atoms with Gasteiger partial charge in [-0.25, -0.2) is 9.78 Å². The molecule has 2 N–H and O–H groups in total. The van der Waals surface area contributed by atoms with Gasteiger partial charge < -0.3 is 25.0 Å². The number of likely N-dealkylation sites (N-methyl/N-ethyl adjacent to an activating group) is 1. The van der Waals surface area contributed by atoms with Crippen LogP contribution in [0.5, 0.6) is 11.5 Å². The normalized spacial score (nSPS) is 15.0. The number of anilines is 2. The number of amides is 4. The summed E-state index contributed by atoms with van der Waals surface area (Å²) in [7, 11) is 1.55. The van der Waals surface area contributed by atoms with Crippen molar-refractivity contribution in [2.75, 3.05) is 43.7 Å². The molecule has 2 aliphatic rings. The fourth-order valence-corrected chi connectivity index (χ4v) is 3.78. The number of hydrogen-bond donors (Lipinski definition) is 2. The molecule has 4 rings (SSSR count). The van der Waals surface area contributed by atoms with E-state index in [9.17, 15) is 14.4 Å². The average Bonchev–Trinajstić information content (AvgIpc) is 3.42. The van der Waals surface area contributed by atoms with Gasteiger partial charge in [0.15, 0.2) is 16.6 Å². The Bertz CT molecular complexity index is 962. The van der Waals surface area contributed by atoms with Crippen LogP contribution in [0.3, 0.4) is 0 Å². The van der Waals surface area contributed by atoms with E-state index in [1.165, 1.54) is 16.2 Å². The van der Waals surface area contributed by atoms with Crippen LogP contribution in [0.1, 0.15) is 5.69 Å². The zero-order valence-electron chi connectivity index (χ0n) is 15.6. The average molecular weight is 417 g/mol. The van der Waals surface area contributed by atoms with Gasteiger partial charge in [0.05, 0.1) is 12.1 Å². The van der Waals surface area contributed by atoms with Crippen molar-refractivity contribution in [2.45, 2.75) is 6.42 Å². The van der Waals surface area contributed by atoms with Crippen LogP contribution in [-0.2, 0) is 16.0 Å². The first kappa shape index (κ1) is 19.0. The number of carbonyl (C=O) groups is 3. The highest BCUT2D eigenvalue weighted by Crippen LogP contribution is 2.36. The highest BCUT2D eigenvalue weighted by molar-refractivity contribution is 7.13. The Hall–Kier alpha value is -3.34. The molecule has 1 saturated heterocycles. The van der Waals surface area contributed by atoms with Crippen molar-refractivity contribution >= 4 is 40.0 Å². The molecule has 4 amide bonds. The predicted octanol–water partition coefficient (Wildman–Crippen LogP) is 1.04. The van der Waals surface area contributed by atoms with Crippen molar-refractivity contribution in [3.8, 4) is 11.5 Å². The van der Waals surface area contributed by atoms with Crippen LogP contribution in [0.2, 0.25) is 0 Å². The quantitative estimate of drug-likeness (QED) is 0.726. The molecule has 11 heteroatoms. The van der Waals surface area contributed by atoms with Gasteiger partial charge in [-0.3, -0.25) is 14.5 Å². The number of fused-ring (bicyclic) bond motifs is 1. The third-order valence-corrected chi connectivity index (χ3v) is 5.32. The summed E-state index contributed by atoms with van der Waals surface area (Å²) in [4.78, 5) is 43.7. The minimum absolute atomic E-state index is 0.0791. The first-order valence-electron chi connectivity index (χ1n) is 8.94. The van der Waals surface area contributed by atoms with Gasteiger partial charge in [0.1, 0.15) is 6.54 Å². The third kappa shape index (κ3) is 4.09. The molecule has 0 aliphatic carbocycles. The molecule has 10 nitrogen and oxygen atoms in total. The molecule has 0 bridgehead atoms. The number of benzene rings is 1. The van der Waals surface area contributed by atoms with Crippen LogP contribution in [0.4, 0.5) is 15.6 Å². The molecule has 0 unspecified atom stereocenters. The standard InChI is InChI=1S/C18H19N5O5S/c1-19-15(24)6-11-9-29-17(20-11)21-16(25)8-22-4-5-23(18(22)26)12-2-3-13-14(7-12)28-10-27-13/h2-3,7,9H,4-6,8,10H2,1H3,(H,19,24)(H,20,21,25). The summed E-state index contributed by atoms with van der Waals surface area (Å²) in [5.74, 6) is 0.755. The van der Waals surface area contributed by atoms with E-state index in [4.69, 9.17) is 9.47 Å². The summed E-state index contributed by atoms with van der Waals surface area (Å²) in [6.45, 7) is 0.991. The van der Waals surface area contributed by atoms with Crippen LogP contribution in [0.15, 0.2) is 23.6 Å². The van der Waals surface area contributed by atoms with Gasteiger partial charge in [0.25, 0.3) is 0 Å². The van der Waals surface area contributed by atoms with Crippen LogP contribution < -0.4 is 25.0 Å². The number of rotatable bonds is 6. The summed E-state index contributed by atoms with van der Waals surface area (Å²) >= 11 is 1.24. The highest BCUT2D eigenvalue weighted by Gasteiger charge is 2.32. The Morgan fingerprint density at radius 1 is 1.21 bits per heavy atom. The number of hydrogen-bond acceptors (Lipinski definition) is 7. The zero-order valence-corrected chi connectivity index (χ0v) is 16.5. The molecule has 152 valence electrons. The van der Waals surface area contributed by atoms with E-state index in [1.807, 2.05) is 0 Å². The Morgan fingerprint density at radius 3 is 2.86 bits per heavy atom. The SMILES string of the molecule is CNC(=O)Cc1csc(NC(=O)CN2CCN(c3ccc4c(c3)OCO4)C2=O)n1. The number of thiazole rings is 1. The summed E-state index contributed by atoms with van der Waals surface area (Å²) < 4.78 is 10.6. The first-order chi connectivity index (χ1) is 14.0. The van der Waals surface area contributed by atoms with Gasteiger partial charge in [0, 0.05) is 37.3 Å². The van der Waals surface area contributed by atoms with Crippen LogP contribution >= 0.6 is 11.3 Å². The van der Waals surface area contributed by atoms with E-state index in [2.05, 4.69) is 15.6 Å². The minimum Gasteiger partial charge on any atom is -0.454 e. The molecule has 1 aromatic carbocycles. The maximum Gasteiger partial charge on any atom is 0.325 e. The summed E-state index contributed by atoms with van der Waals surface area (Å²) in [6.07, 6.45) is 0.151. The first-order valence-corrected chi connectivity index (χ1v) is 9.82. The second-order valence-corrected chi connectivity index (χ2v) is 7.29. The van der Waals surface area contributed by atoms with Crippen molar-refractivity contribution in [3.63, 3.8) is 0 Å². The second-order valence-electron chi connectivity index (χ2n) is 6.44. The summed E-state index contributed by atoms with van der Waals surface area (Å²) in [5, 5.41) is 7.31. The number of nitrogens with zero attached hydrogens (tertiary/aromatic N) is 3. The second kappa shape index (κ2) is 7.95. The molecule has 0 saturated carbocycles. The van der Waals surface area contributed by atoms with Crippen molar-refractivity contribution in [3.05, 3.63) is 29.3 Å². The van der Waals surface area contributed by atoms with E-state index in [0.717, 1.165) is 0 Å². The van der Waals surface area contributed by atoms with E-state index in [1.54, 1.807) is 35.5 Å². The Kier molecular flexibility index (Phi) is 5.21. The van der Waals surface area contributed by atoms with Crippen LogP contribution in [0, 0.1) is 0 Å². The van der Waals surface area contributed by atoms with Gasteiger partial charge in [-0.2, -0.15) is 0 Å². The minimum atomic E-state index is -0.341. The molecule has 3 heterocycles. The fourth-order valence-electron chi connectivity index (χ4n) is 3.05. The molecule has 0 radical (unpaired) electrons. The predicted molar refractivity (Wildman–Crippen MR) is 105 cm³/mol. The van der Waals surface area contributed by atoms with Crippen LogP contribution in [0.25, 0.3) is 0 Å². The number of ether oxygens (including phenoxy) is 2. The molecule has 1 fully saturated rings. The highest BCUT2D eigenvalue weighted by atomic mass is 32.1. The van der Waals surface area contributed by atoms with Crippen molar-refractivity contribution < 1.29 is 23.9 Å². The van der Waals surface area contributed by atoms with Gasteiger partial charge in [0.2, 0.25) is 18.6 Å². The fraction of sp³-hybridized carbons (Fsp3) is 0.333. The molecule has 0 spiro atoms. The lowest BCUT2D eigenvalue weighted by atomic mass is 10.2. The van der Waals surface area contributed by atoms with Gasteiger partial charge in [-0.15, -0.1) is 11.3 Å². The van der Waals surface area contributed by atoms with E-state index in [-0.39, 0.29) is 37.6 Å². The number of nitrogens with one attached hydrogen (secondary N) is 2. The van der Waals surface area contributed by atoms with E-state index >= 15 is 0 Å². The lowest BCUT2D eigenvalue weighted by Gasteiger charge is -2.18. The lowest BCUT2D eigenvalue weighted by molar-refractivity contribution is -0.120. The number of aromatic nitrogens is 1. The Morgan fingerprint density at radius 2 is 2.03 bits per heavy atom. The van der Waals surface area contributed by atoms with Crippen molar-refractivity contribution in [1.82, 2.24) is 15.2 Å². The third-order valence-electron chi connectivity index (χ3n) is 4.52. The van der Waals surface area contributed by atoms with E-state index in [0.29, 0.717) is 41.1 Å². The summed E-state index contributed by atoms with van der Waals surface area (Å²) in [6, 6.07) is 5.06. The molecule has 0 atom stereocenters. The monoisotopic (exact) mass is 417 g/mol. The van der Waals surface area contributed by atoms with Gasteiger partial charge in [-0.05, 0) is 12.1 Å².